The number of Topliss-reactive ketones (excluding diaryl/α,β-unsaturated/α-hetero) is 1. The van der Waals surface area contributed by atoms with Gasteiger partial charge in [-0.2, -0.15) is 0 Å². The molecule has 0 aliphatic rings. The van der Waals surface area contributed by atoms with Gasteiger partial charge in [0.2, 0.25) is 0 Å². The predicted octanol–water partition coefficient (Wildman–Crippen LogP) is 5.55. The summed E-state index contributed by atoms with van der Waals surface area (Å²) in [6.45, 7) is 1.81. The summed E-state index contributed by atoms with van der Waals surface area (Å²) in [5.74, 6) is -0.796. The molecule has 3 aromatic rings. The van der Waals surface area contributed by atoms with Crippen molar-refractivity contribution in [2.75, 3.05) is 6.61 Å². The summed E-state index contributed by atoms with van der Waals surface area (Å²) in [5, 5.41) is 1.20. The van der Waals surface area contributed by atoms with Crippen LogP contribution < -0.4 is 0 Å². The first-order valence-electron chi connectivity index (χ1n) is 8.06. The zero-order valence-electron chi connectivity index (χ0n) is 13.8. The van der Waals surface area contributed by atoms with Gasteiger partial charge in [-0.3, -0.25) is 4.79 Å². The zero-order valence-corrected chi connectivity index (χ0v) is 15.3. The number of benzene rings is 2. The molecule has 0 fully saturated rings. The molecule has 0 N–H and O–H groups in total. The smallest absolute Gasteiger partial charge is 0.350 e. The third-order valence-corrected chi connectivity index (χ3v) is 5.52. The largest absolute Gasteiger partial charge is 0.453 e. The van der Waals surface area contributed by atoms with Gasteiger partial charge in [0.15, 0.2) is 12.4 Å². The lowest BCUT2D eigenvalue weighted by molar-refractivity contribution is 0.0480. The van der Waals surface area contributed by atoms with Gasteiger partial charge >= 0.3 is 5.97 Å². The standard InChI is InChI=1S/C20H17ClO3S/c1-2-5-13-8-10-14(11-9-13)16(22)12-24-20(23)19-18(21)15-6-3-4-7-17(15)25-19/h3-4,6-11H,2,5,12H2,1H3. The summed E-state index contributed by atoms with van der Waals surface area (Å²) in [6.07, 6.45) is 2.04. The fourth-order valence-electron chi connectivity index (χ4n) is 2.57. The minimum atomic E-state index is -0.567. The number of hydrogen-bond acceptors (Lipinski definition) is 4. The average Bonchev–Trinajstić information content (AvgIpc) is 2.97. The third-order valence-electron chi connectivity index (χ3n) is 3.87. The van der Waals surface area contributed by atoms with Crippen LogP contribution in [0.25, 0.3) is 10.1 Å². The predicted molar refractivity (Wildman–Crippen MR) is 102 cm³/mol. The second-order valence-electron chi connectivity index (χ2n) is 5.69. The van der Waals surface area contributed by atoms with E-state index >= 15 is 0 Å². The van der Waals surface area contributed by atoms with Crippen LogP contribution in [-0.4, -0.2) is 18.4 Å². The monoisotopic (exact) mass is 372 g/mol. The number of fused-ring (bicyclic) bond motifs is 1. The van der Waals surface area contributed by atoms with E-state index in [2.05, 4.69) is 6.92 Å². The molecule has 0 saturated carbocycles. The molecule has 25 heavy (non-hydrogen) atoms. The molecule has 3 nitrogen and oxygen atoms in total. The summed E-state index contributed by atoms with van der Waals surface area (Å²) in [7, 11) is 0. The van der Waals surface area contributed by atoms with Crippen molar-refractivity contribution in [3.8, 4) is 0 Å². The number of esters is 1. The van der Waals surface area contributed by atoms with Crippen molar-refractivity contribution in [2.24, 2.45) is 0 Å². The van der Waals surface area contributed by atoms with E-state index in [1.54, 1.807) is 12.1 Å². The van der Waals surface area contributed by atoms with Crippen molar-refractivity contribution in [3.63, 3.8) is 0 Å². The number of aryl methyl sites for hydroxylation is 1. The van der Waals surface area contributed by atoms with Crippen LogP contribution in [0.3, 0.4) is 0 Å². The van der Waals surface area contributed by atoms with Gasteiger partial charge in [0, 0.05) is 15.6 Å². The molecule has 0 spiro atoms. The molecule has 0 aliphatic carbocycles. The van der Waals surface area contributed by atoms with Crippen molar-refractivity contribution >= 4 is 44.8 Å². The topological polar surface area (TPSA) is 43.4 Å². The van der Waals surface area contributed by atoms with E-state index in [-0.39, 0.29) is 12.4 Å². The molecular formula is C20H17ClO3S. The van der Waals surface area contributed by atoms with Gasteiger partial charge in [-0.25, -0.2) is 4.79 Å². The van der Waals surface area contributed by atoms with Gasteiger partial charge < -0.3 is 4.74 Å². The zero-order chi connectivity index (χ0) is 17.8. The van der Waals surface area contributed by atoms with Gasteiger partial charge in [0.25, 0.3) is 0 Å². The summed E-state index contributed by atoms with van der Waals surface area (Å²) in [6, 6.07) is 14.9. The second-order valence-corrected chi connectivity index (χ2v) is 7.12. The van der Waals surface area contributed by atoms with E-state index in [1.807, 2.05) is 36.4 Å². The van der Waals surface area contributed by atoms with E-state index in [1.165, 1.54) is 16.9 Å². The van der Waals surface area contributed by atoms with Crippen molar-refractivity contribution < 1.29 is 14.3 Å². The molecule has 0 saturated heterocycles. The normalized spacial score (nSPS) is 10.8. The van der Waals surface area contributed by atoms with Gasteiger partial charge in [-0.05, 0) is 18.1 Å². The summed E-state index contributed by atoms with van der Waals surface area (Å²) in [4.78, 5) is 24.8. The molecule has 1 heterocycles. The van der Waals surface area contributed by atoms with E-state index in [4.69, 9.17) is 16.3 Å². The number of thiophene rings is 1. The maximum Gasteiger partial charge on any atom is 0.350 e. The number of carbonyl (C=O) groups excluding carboxylic acids is 2. The molecule has 3 rings (SSSR count). The van der Waals surface area contributed by atoms with E-state index in [9.17, 15) is 9.59 Å². The Bertz CT molecular complexity index is 912. The Labute approximate surface area is 155 Å². The summed E-state index contributed by atoms with van der Waals surface area (Å²) in [5.41, 5.74) is 1.73. The SMILES string of the molecule is CCCc1ccc(C(=O)COC(=O)c2sc3ccccc3c2Cl)cc1. The number of rotatable bonds is 6. The maximum atomic E-state index is 12.3. The van der Waals surface area contributed by atoms with Gasteiger partial charge in [0.05, 0.1) is 5.02 Å². The van der Waals surface area contributed by atoms with Crippen LogP contribution in [-0.2, 0) is 11.2 Å². The fraction of sp³-hybridized carbons (Fsp3) is 0.200. The molecule has 0 bridgehead atoms. The molecule has 0 atom stereocenters. The molecular weight excluding hydrogens is 356 g/mol. The molecule has 0 aliphatic heterocycles. The van der Waals surface area contributed by atoms with Crippen LogP contribution in [0.5, 0.6) is 0 Å². The van der Waals surface area contributed by atoms with Gasteiger partial charge in [-0.15, -0.1) is 11.3 Å². The van der Waals surface area contributed by atoms with Crippen molar-refractivity contribution in [2.45, 2.75) is 19.8 Å². The quantitative estimate of drug-likeness (QED) is 0.421. The number of halogens is 1. The Hall–Kier alpha value is -2.17. The first-order chi connectivity index (χ1) is 12.1. The number of ketones is 1. The molecule has 0 radical (unpaired) electrons. The van der Waals surface area contributed by atoms with E-state index < -0.39 is 5.97 Å². The van der Waals surface area contributed by atoms with E-state index in [0.717, 1.165) is 22.9 Å². The maximum absolute atomic E-state index is 12.3. The van der Waals surface area contributed by atoms with Crippen molar-refractivity contribution in [3.05, 3.63) is 69.6 Å². The van der Waals surface area contributed by atoms with Crippen molar-refractivity contribution in [1.82, 2.24) is 0 Å². The first-order valence-corrected chi connectivity index (χ1v) is 9.26. The highest BCUT2D eigenvalue weighted by Gasteiger charge is 2.19. The molecule has 128 valence electrons. The minimum Gasteiger partial charge on any atom is -0.453 e. The van der Waals surface area contributed by atoms with Crippen LogP contribution in [0.4, 0.5) is 0 Å². The summed E-state index contributed by atoms with van der Waals surface area (Å²) < 4.78 is 6.08. The van der Waals surface area contributed by atoms with Crippen LogP contribution >= 0.6 is 22.9 Å². The Morgan fingerprint density at radius 1 is 1.08 bits per heavy atom. The molecule has 1 aromatic heterocycles. The lowest BCUT2D eigenvalue weighted by Gasteiger charge is -2.05. The molecule has 0 unspecified atom stereocenters. The average molecular weight is 373 g/mol. The number of hydrogen-bond donors (Lipinski definition) is 0. The van der Waals surface area contributed by atoms with Gasteiger partial charge in [-0.1, -0.05) is 67.4 Å². The summed E-state index contributed by atoms with van der Waals surface area (Å²) >= 11 is 7.53. The van der Waals surface area contributed by atoms with Crippen LogP contribution in [0.1, 0.15) is 38.9 Å². The van der Waals surface area contributed by atoms with E-state index in [0.29, 0.717) is 15.5 Å². The minimum absolute atomic E-state index is 0.228. The Morgan fingerprint density at radius 3 is 2.48 bits per heavy atom. The van der Waals surface area contributed by atoms with Gasteiger partial charge in [0.1, 0.15) is 4.88 Å². The number of carbonyl (C=O) groups is 2. The van der Waals surface area contributed by atoms with Crippen LogP contribution in [0, 0.1) is 0 Å². The molecule has 0 amide bonds. The highest BCUT2D eigenvalue weighted by Crippen LogP contribution is 2.35. The first kappa shape index (κ1) is 17.6. The Balaban J connectivity index is 1.66. The lowest BCUT2D eigenvalue weighted by atomic mass is 10.1. The molecule has 2 aromatic carbocycles. The highest BCUT2D eigenvalue weighted by atomic mass is 35.5. The molecule has 5 heteroatoms. The van der Waals surface area contributed by atoms with Crippen LogP contribution in [0.2, 0.25) is 5.02 Å². The highest BCUT2D eigenvalue weighted by molar-refractivity contribution is 7.21. The lowest BCUT2D eigenvalue weighted by Crippen LogP contribution is -2.13. The second kappa shape index (κ2) is 7.81. The Morgan fingerprint density at radius 2 is 1.80 bits per heavy atom. The fourth-order valence-corrected chi connectivity index (χ4v) is 3.97. The third kappa shape index (κ3) is 3.91. The number of ether oxygens (including phenoxy) is 1. The Kier molecular flexibility index (Phi) is 5.51. The van der Waals surface area contributed by atoms with Crippen molar-refractivity contribution in [1.29, 1.82) is 0 Å². The van der Waals surface area contributed by atoms with Crippen LogP contribution in [0.15, 0.2) is 48.5 Å².